The van der Waals surface area contributed by atoms with Crippen LogP contribution in [-0.4, -0.2) is 96.7 Å². The Morgan fingerprint density at radius 2 is 0.522 bits per heavy atom. The number of ether oxygens (including phenoxy) is 4. The van der Waals surface area contributed by atoms with E-state index in [0.29, 0.717) is 37.5 Å². The molecule has 0 aromatic carbocycles. The van der Waals surface area contributed by atoms with Crippen molar-refractivity contribution >= 4 is 39.5 Å². The summed E-state index contributed by atoms with van der Waals surface area (Å²) in [5.41, 5.74) is 0. The van der Waals surface area contributed by atoms with E-state index in [-0.39, 0.29) is 25.7 Å². The number of aliphatic hydroxyl groups excluding tert-OH is 1. The average Bonchev–Trinajstić information content (AvgIpc) is 1.48. The molecule has 0 aromatic rings. The van der Waals surface area contributed by atoms with Gasteiger partial charge in [0.05, 0.1) is 26.4 Å². The molecular weight excluding hydrogens is 1210 g/mol. The van der Waals surface area contributed by atoms with E-state index < -0.39 is 97.5 Å². The largest absolute Gasteiger partial charge is 0.472 e. The van der Waals surface area contributed by atoms with Gasteiger partial charge in [-0.25, -0.2) is 9.13 Å². The fourth-order valence-corrected chi connectivity index (χ4v) is 12.6. The summed E-state index contributed by atoms with van der Waals surface area (Å²) in [4.78, 5) is 72.5. The molecule has 0 saturated carbocycles. The van der Waals surface area contributed by atoms with Gasteiger partial charge in [-0.2, -0.15) is 0 Å². The maximum atomic E-state index is 13.0. The lowest BCUT2D eigenvalue weighted by atomic mass is 9.99. The first kappa shape index (κ1) is 90.1. The molecule has 0 saturated heterocycles. The van der Waals surface area contributed by atoms with Crippen LogP contribution in [0.3, 0.4) is 0 Å². The fourth-order valence-electron chi connectivity index (χ4n) is 11.0. The Morgan fingerprint density at radius 1 is 0.304 bits per heavy atom. The van der Waals surface area contributed by atoms with Crippen LogP contribution >= 0.6 is 15.6 Å². The minimum absolute atomic E-state index is 0.101. The molecule has 0 aromatic heterocycles. The zero-order valence-corrected chi connectivity index (χ0v) is 62.0. The lowest BCUT2D eigenvalue weighted by molar-refractivity contribution is -0.161. The smallest absolute Gasteiger partial charge is 0.462 e. The molecule has 6 atom stereocenters. The van der Waals surface area contributed by atoms with Crippen LogP contribution in [0.1, 0.15) is 364 Å². The maximum absolute atomic E-state index is 13.0. The van der Waals surface area contributed by atoms with Crippen LogP contribution in [0.5, 0.6) is 0 Å². The number of hydrogen-bond acceptors (Lipinski definition) is 15. The minimum atomic E-state index is -4.95. The molecule has 4 unspecified atom stereocenters. The van der Waals surface area contributed by atoms with Crippen LogP contribution in [0.4, 0.5) is 0 Å². The Labute approximate surface area is 562 Å². The summed E-state index contributed by atoms with van der Waals surface area (Å²) < 4.78 is 68.3. The van der Waals surface area contributed by atoms with Crippen molar-refractivity contribution in [2.45, 2.75) is 382 Å². The second-order valence-electron chi connectivity index (χ2n) is 28.0. The lowest BCUT2D eigenvalue weighted by Gasteiger charge is -2.21. The number of carbonyl (C=O) groups excluding carboxylic acids is 4. The van der Waals surface area contributed by atoms with Gasteiger partial charge >= 0.3 is 39.5 Å². The molecular formula is C73H142O17P2. The molecule has 0 amide bonds. The predicted molar refractivity (Wildman–Crippen MR) is 372 cm³/mol. The molecule has 0 fully saturated rings. The number of aliphatic hydroxyl groups is 1. The third-order valence-electron chi connectivity index (χ3n) is 17.2. The van der Waals surface area contributed by atoms with Gasteiger partial charge in [0, 0.05) is 25.7 Å². The van der Waals surface area contributed by atoms with Gasteiger partial charge in [-0.15, -0.1) is 0 Å². The quantitative estimate of drug-likeness (QED) is 0.0222. The first-order valence-corrected chi connectivity index (χ1v) is 40.7. The van der Waals surface area contributed by atoms with E-state index in [1.165, 1.54) is 161 Å². The third-order valence-corrected chi connectivity index (χ3v) is 19.1. The summed E-state index contributed by atoms with van der Waals surface area (Å²) in [6, 6.07) is 0. The Kier molecular flexibility index (Phi) is 61.3. The summed E-state index contributed by atoms with van der Waals surface area (Å²) in [6.07, 6.45) is 46.2. The Bertz CT molecular complexity index is 1820. The van der Waals surface area contributed by atoms with Crippen LogP contribution in [0.2, 0.25) is 0 Å². The molecule has 92 heavy (non-hydrogen) atoms. The highest BCUT2D eigenvalue weighted by Crippen LogP contribution is 2.45. The first-order chi connectivity index (χ1) is 44.1. The summed E-state index contributed by atoms with van der Waals surface area (Å²) in [5.74, 6) is 0.834. The highest BCUT2D eigenvalue weighted by Gasteiger charge is 2.30. The maximum Gasteiger partial charge on any atom is 0.472 e. The molecule has 546 valence electrons. The van der Waals surface area contributed by atoms with E-state index in [0.717, 1.165) is 108 Å². The van der Waals surface area contributed by atoms with Crippen molar-refractivity contribution < 1.29 is 80.2 Å². The highest BCUT2D eigenvalue weighted by atomic mass is 31.2. The zero-order chi connectivity index (χ0) is 68.2. The summed E-state index contributed by atoms with van der Waals surface area (Å²) in [7, 11) is -9.90. The van der Waals surface area contributed by atoms with Crippen molar-refractivity contribution in [2.24, 2.45) is 23.7 Å². The summed E-state index contributed by atoms with van der Waals surface area (Å²) in [5, 5.41) is 10.6. The number of rotatable bonds is 70. The predicted octanol–water partition coefficient (Wildman–Crippen LogP) is 20.9. The third kappa shape index (κ3) is 65.4. The summed E-state index contributed by atoms with van der Waals surface area (Å²) >= 11 is 0. The van der Waals surface area contributed by atoms with E-state index in [1.807, 2.05) is 0 Å². The van der Waals surface area contributed by atoms with E-state index in [2.05, 4.69) is 55.4 Å². The van der Waals surface area contributed by atoms with E-state index in [9.17, 15) is 43.2 Å². The summed E-state index contributed by atoms with van der Waals surface area (Å²) in [6.45, 7) is 14.1. The second-order valence-corrected chi connectivity index (χ2v) is 30.9. The average molecular weight is 1350 g/mol. The molecule has 0 bridgehead atoms. The SMILES string of the molecule is CCC(C)CCCCCCCCCCC(=O)O[C@H](COC(=O)CCCCCCCCCCCCCCCCCCCCC(C)C)COP(=O)(O)OCC(O)COP(=O)(O)OC[C@@H](COC(=O)CCCCCCCCCC(C)C)OC(=O)CCCCCCCCC(C)C. The number of unbranched alkanes of at least 4 members (excludes halogenated alkanes) is 35. The topological polar surface area (TPSA) is 237 Å². The van der Waals surface area contributed by atoms with Gasteiger partial charge < -0.3 is 33.8 Å². The number of phosphoric acid groups is 2. The van der Waals surface area contributed by atoms with Crippen molar-refractivity contribution in [2.75, 3.05) is 39.6 Å². The van der Waals surface area contributed by atoms with Gasteiger partial charge in [0.25, 0.3) is 0 Å². The van der Waals surface area contributed by atoms with Crippen molar-refractivity contribution in [3.63, 3.8) is 0 Å². The Morgan fingerprint density at radius 3 is 0.772 bits per heavy atom. The molecule has 0 radical (unpaired) electrons. The van der Waals surface area contributed by atoms with Gasteiger partial charge in [0.1, 0.15) is 19.3 Å². The molecule has 0 heterocycles. The molecule has 0 aliphatic rings. The van der Waals surface area contributed by atoms with Crippen molar-refractivity contribution in [1.82, 2.24) is 0 Å². The van der Waals surface area contributed by atoms with Crippen LogP contribution < -0.4 is 0 Å². The van der Waals surface area contributed by atoms with Crippen LogP contribution in [0.25, 0.3) is 0 Å². The number of carbonyl (C=O) groups is 4. The van der Waals surface area contributed by atoms with Crippen LogP contribution in [0.15, 0.2) is 0 Å². The van der Waals surface area contributed by atoms with Gasteiger partial charge in [-0.05, 0) is 49.4 Å². The van der Waals surface area contributed by atoms with Gasteiger partial charge in [-0.1, -0.05) is 312 Å². The lowest BCUT2D eigenvalue weighted by Crippen LogP contribution is -2.30. The molecule has 19 heteroatoms. The molecule has 0 aliphatic carbocycles. The highest BCUT2D eigenvalue weighted by molar-refractivity contribution is 7.47. The van der Waals surface area contributed by atoms with Crippen LogP contribution in [-0.2, 0) is 65.4 Å². The van der Waals surface area contributed by atoms with Crippen molar-refractivity contribution in [3.05, 3.63) is 0 Å². The molecule has 0 spiro atoms. The van der Waals surface area contributed by atoms with E-state index in [4.69, 9.17) is 37.0 Å². The molecule has 17 nitrogen and oxygen atoms in total. The second kappa shape index (κ2) is 62.6. The fraction of sp³-hybridized carbons (Fsp3) is 0.945. The molecule has 0 rings (SSSR count). The van der Waals surface area contributed by atoms with Gasteiger partial charge in [0.2, 0.25) is 0 Å². The zero-order valence-electron chi connectivity index (χ0n) is 60.2. The van der Waals surface area contributed by atoms with Crippen molar-refractivity contribution in [1.29, 1.82) is 0 Å². The normalized spacial score (nSPS) is 14.5. The molecule has 0 aliphatic heterocycles. The molecule has 3 N–H and O–H groups in total. The van der Waals surface area contributed by atoms with Crippen LogP contribution in [0, 0.1) is 23.7 Å². The first-order valence-electron chi connectivity index (χ1n) is 37.7. The minimum Gasteiger partial charge on any atom is -0.462 e. The monoisotopic (exact) mass is 1350 g/mol. The Hall–Kier alpha value is -1.94. The number of phosphoric ester groups is 2. The van der Waals surface area contributed by atoms with Crippen molar-refractivity contribution in [3.8, 4) is 0 Å². The van der Waals surface area contributed by atoms with E-state index >= 15 is 0 Å². The van der Waals surface area contributed by atoms with Gasteiger partial charge in [0.15, 0.2) is 12.2 Å². The standard InChI is InChI=1S/C73H142O17P2/c1-9-66(8)52-44-36-27-22-23-29-39-47-55-72(77)89-68(59-83-70(75)53-45-37-28-21-19-17-15-13-11-10-12-14-16-18-20-25-33-41-49-63(2)3)61-87-91(79,80)85-57-67(74)58-86-92(81,82)88-62-69(90-73(78)56-48-40-32-31-35-43-51-65(6)7)60-84-71(76)54-46-38-30-24-26-34-42-50-64(4)5/h63-69,74H,9-62H2,1-8H3,(H,79,80)(H,81,82)/t66?,67?,68-,69-/m1/s1. The number of hydrogen-bond donors (Lipinski definition) is 3. The van der Waals surface area contributed by atoms with Gasteiger partial charge in [-0.3, -0.25) is 37.3 Å². The van der Waals surface area contributed by atoms with E-state index in [1.54, 1.807) is 0 Å². The number of esters is 4. The Balaban J connectivity index is 5.15.